The van der Waals surface area contributed by atoms with Gasteiger partial charge in [-0.3, -0.25) is 19.8 Å². The van der Waals surface area contributed by atoms with Crippen molar-refractivity contribution in [2.75, 3.05) is 6.54 Å². The predicted molar refractivity (Wildman–Crippen MR) is 78.4 cm³/mol. The first-order valence-corrected chi connectivity index (χ1v) is 7.24. The molecule has 2 rings (SSSR count). The van der Waals surface area contributed by atoms with Crippen molar-refractivity contribution in [2.24, 2.45) is 0 Å². The van der Waals surface area contributed by atoms with Crippen molar-refractivity contribution < 1.29 is 14.8 Å². The van der Waals surface area contributed by atoms with Gasteiger partial charge in [-0.1, -0.05) is 18.0 Å². The second-order valence-corrected chi connectivity index (χ2v) is 5.66. The fourth-order valence-electron chi connectivity index (χ4n) is 2.70. The number of nitro benzene ring substituents is 1. The largest absolute Gasteiger partial charge is 0.481 e. The highest BCUT2D eigenvalue weighted by molar-refractivity contribution is 6.31. The monoisotopic (exact) mass is 312 g/mol. The maximum absolute atomic E-state index is 10.9. The number of carboxylic acid groups (broad SMARTS) is 1. The van der Waals surface area contributed by atoms with Crippen LogP contribution in [-0.2, 0) is 11.3 Å². The Morgan fingerprint density at radius 2 is 2.24 bits per heavy atom. The van der Waals surface area contributed by atoms with E-state index in [1.807, 2.05) is 0 Å². The second kappa shape index (κ2) is 6.87. The summed E-state index contributed by atoms with van der Waals surface area (Å²) in [6.45, 7) is 1.35. The van der Waals surface area contributed by atoms with E-state index in [2.05, 4.69) is 4.90 Å². The lowest BCUT2D eigenvalue weighted by Gasteiger charge is -2.35. The molecule has 114 valence electrons. The molecule has 0 aromatic heterocycles. The number of hydrogen-bond acceptors (Lipinski definition) is 4. The summed E-state index contributed by atoms with van der Waals surface area (Å²) >= 11 is 6.10. The summed E-state index contributed by atoms with van der Waals surface area (Å²) in [5, 5.41) is 20.0. The summed E-state index contributed by atoms with van der Waals surface area (Å²) in [5.41, 5.74) is 0.754. The Morgan fingerprint density at radius 1 is 1.48 bits per heavy atom. The highest BCUT2D eigenvalue weighted by Crippen LogP contribution is 2.27. The first-order chi connectivity index (χ1) is 9.97. The van der Waals surface area contributed by atoms with Gasteiger partial charge < -0.3 is 5.11 Å². The molecule has 1 aromatic carbocycles. The number of nitrogens with zero attached hydrogens (tertiary/aromatic N) is 2. The quantitative estimate of drug-likeness (QED) is 0.667. The number of piperidine rings is 1. The summed E-state index contributed by atoms with van der Waals surface area (Å²) in [6.07, 6.45) is 3.03. The van der Waals surface area contributed by atoms with Crippen molar-refractivity contribution in [1.82, 2.24) is 4.90 Å². The summed E-state index contributed by atoms with van der Waals surface area (Å²) in [6, 6.07) is 4.42. The standard InChI is InChI=1S/C14H17ClN2O4/c15-13-7-12(17(20)21)5-4-10(13)9-16-6-2-1-3-11(16)8-14(18)19/h4-5,7,11H,1-3,6,8-9H2,(H,18,19). The van der Waals surface area contributed by atoms with E-state index in [0.29, 0.717) is 11.6 Å². The van der Waals surface area contributed by atoms with Gasteiger partial charge in [0.2, 0.25) is 0 Å². The van der Waals surface area contributed by atoms with E-state index in [1.54, 1.807) is 6.07 Å². The Morgan fingerprint density at radius 3 is 2.86 bits per heavy atom. The number of rotatable bonds is 5. The third-order valence-electron chi connectivity index (χ3n) is 3.78. The fourth-order valence-corrected chi connectivity index (χ4v) is 2.93. The van der Waals surface area contributed by atoms with Gasteiger partial charge in [0.15, 0.2) is 0 Å². The molecule has 1 aliphatic rings. The Balaban J connectivity index is 2.11. The summed E-state index contributed by atoms with van der Waals surface area (Å²) in [4.78, 5) is 23.2. The molecule has 1 fully saturated rings. The molecule has 21 heavy (non-hydrogen) atoms. The van der Waals surface area contributed by atoms with E-state index >= 15 is 0 Å². The van der Waals surface area contributed by atoms with Crippen LogP contribution in [0.15, 0.2) is 18.2 Å². The maximum Gasteiger partial charge on any atom is 0.304 e. The Kier molecular flexibility index (Phi) is 5.14. The van der Waals surface area contributed by atoms with Crippen LogP contribution < -0.4 is 0 Å². The third-order valence-corrected chi connectivity index (χ3v) is 4.13. The number of carbonyl (C=O) groups is 1. The molecule has 0 saturated carbocycles. The summed E-state index contributed by atoms with van der Waals surface area (Å²) < 4.78 is 0. The van der Waals surface area contributed by atoms with Crippen molar-refractivity contribution in [3.05, 3.63) is 38.9 Å². The van der Waals surface area contributed by atoms with Crippen molar-refractivity contribution in [3.8, 4) is 0 Å². The number of non-ortho nitro benzene ring substituents is 1. The molecule has 0 aliphatic carbocycles. The number of benzene rings is 1. The number of likely N-dealkylation sites (tertiary alicyclic amines) is 1. The van der Waals surface area contributed by atoms with Crippen LogP contribution in [0.5, 0.6) is 0 Å². The Bertz CT molecular complexity index is 550. The zero-order chi connectivity index (χ0) is 15.4. The SMILES string of the molecule is O=C(O)CC1CCCCN1Cc1ccc([N+](=O)[O-])cc1Cl. The molecular formula is C14H17ClN2O4. The van der Waals surface area contributed by atoms with Gasteiger partial charge in [-0.2, -0.15) is 0 Å². The molecule has 1 saturated heterocycles. The van der Waals surface area contributed by atoms with Gasteiger partial charge in [0.25, 0.3) is 5.69 Å². The predicted octanol–water partition coefficient (Wildman–Crippen LogP) is 3.08. The number of aliphatic carboxylic acids is 1. The molecule has 1 unspecified atom stereocenters. The van der Waals surface area contributed by atoms with Gasteiger partial charge in [0, 0.05) is 24.7 Å². The number of carboxylic acids is 1. The number of halogens is 1. The minimum atomic E-state index is -0.804. The molecule has 1 heterocycles. The molecule has 0 amide bonds. The normalized spacial score (nSPS) is 19.4. The van der Waals surface area contributed by atoms with E-state index in [4.69, 9.17) is 16.7 Å². The lowest BCUT2D eigenvalue weighted by Crippen LogP contribution is -2.40. The van der Waals surface area contributed by atoms with Gasteiger partial charge in [-0.05, 0) is 31.0 Å². The number of hydrogen-bond donors (Lipinski definition) is 1. The van der Waals surface area contributed by atoms with Gasteiger partial charge in [-0.25, -0.2) is 0 Å². The first kappa shape index (κ1) is 15.7. The summed E-state index contributed by atoms with van der Waals surface area (Å²) in [7, 11) is 0. The molecule has 1 atom stereocenters. The lowest BCUT2D eigenvalue weighted by molar-refractivity contribution is -0.384. The van der Waals surface area contributed by atoms with Crippen LogP contribution in [0, 0.1) is 10.1 Å². The second-order valence-electron chi connectivity index (χ2n) is 5.25. The van der Waals surface area contributed by atoms with Crippen molar-refractivity contribution in [1.29, 1.82) is 0 Å². The molecule has 1 N–H and O–H groups in total. The van der Waals surface area contributed by atoms with Crippen molar-refractivity contribution in [3.63, 3.8) is 0 Å². The van der Waals surface area contributed by atoms with Crippen LogP contribution in [0.1, 0.15) is 31.2 Å². The van der Waals surface area contributed by atoms with Crippen LogP contribution in [0.3, 0.4) is 0 Å². The van der Waals surface area contributed by atoms with E-state index in [-0.39, 0.29) is 18.2 Å². The van der Waals surface area contributed by atoms with E-state index < -0.39 is 10.9 Å². The zero-order valence-corrected chi connectivity index (χ0v) is 12.3. The molecule has 0 bridgehead atoms. The Hall–Kier alpha value is -1.66. The number of nitro groups is 1. The molecule has 6 nitrogen and oxygen atoms in total. The van der Waals surface area contributed by atoms with Crippen LogP contribution in [0.2, 0.25) is 5.02 Å². The van der Waals surface area contributed by atoms with Crippen molar-refractivity contribution in [2.45, 2.75) is 38.3 Å². The molecular weight excluding hydrogens is 296 g/mol. The average molecular weight is 313 g/mol. The van der Waals surface area contributed by atoms with E-state index in [9.17, 15) is 14.9 Å². The van der Waals surface area contributed by atoms with Gasteiger partial charge >= 0.3 is 5.97 Å². The molecule has 1 aliphatic heterocycles. The first-order valence-electron chi connectivity index (χ1n) is 6.86. The molecule has 0 radical (unpaired) electrons. The molecule has 1 aromatic rings. The van der Waals surface area contributed by atoms with Crippen LogP contribution >= 0.6 is 11.6 Å². The van der Waals surface area contributed by atoms with E-state index in [0.717, 1.165) is 31.4 Å². The lowest BCUT2D eigenvalue weighted by atomic mass is 9.98. The fraction of sp³-hybridized carbons (Fsp3) is 0.500. The van der Waals surface area contributed by atoms with Crippen LogP contribution in [0.4, 0.5) is 5.69 Å². The topological polar surface area (TPSA) is 83.7 Å². The van der Waals surface area contributed by atoms with Crippen LogP contribution in [0.25, 0.3) is 0 Å². The van der Waals surface area contributed by atoms with Gasteiger partial charge in [0.05, 0.1) is 16.4 Å². The van der Waals surface area contributed by atoms with Gasteiger partial charge in [-0.15, -0.1) is 0 Å². The summed E-state index contributed by atoms with van der Waals surface area (Å²) in [5.74, 6) is -0.804. The molecule has 0 spiro atoms. The highest BCUT2D eigenvalue weighted by atomic mass is 35.5. The zero-order valence-electron chi connectivity index (χ0n) is 11.5. The minimum absolute atomic E-state index is 0.00232. The minimum Gasteiger partial charge on any atom is -0.481 e. The Labute approximate surface area is 127 Å². The smallest absolute Gasteiger partial charge is 0.304 e. The average Bonchev–Trinajstić information content (AvgIpc) is 2.42. The molecule has 7 heteroatoms. The van der Waals surface area contributed by atoms with Crippen molar-refractivity contribution >= 4 is 23.3 Å². The van der Waals surface area contributed by atoms with Crippen LogP contribution in [-0.4, -0.2) is 33.5 Å². The maximum atomic E-state index is 10.9. The van der Waals surface area contributed by atoms with Gasteiger partial charge in [0.1, 0.15) is 0 Å². The third kappa shape index (κ3) is 4.15. The van der Waals surface area contributed by atoms with E-state index in [1.165, 1.54) is 12.1 Å². The highest BCUT2D eigenvalue weighted by Gasteiger charge is 2.25.